The number of allylic oxidation sites excluding steroid dienone is 1. The predicted octanol–water partition coefficient (Wildman–Crippen LogP) is 6.06. The predicted molar refractivity (Wildman–Crippen MR) is 131 cm³/mol. The Balaban J connectivity index is 1.79. The maximum Gasteiger partial charge on any atom is 0.258 e. The van der Waals surface area contributed by atoms with E-state index in [1.54, 1.807) is 23.9 Å². The molecule has 0 fully saturated rings. The second kappa shape index (κ2) is 9.83. The molecule has 5 nitrogen and oxygen atoms in total. The summed E-state index contributed by atoms with van der Waals surface area (Å²) in [4.78, 5) is 7.90. The van der Waals surface area contributed by atoms with Crippen LogP contribution in [0.1, 0.15) is 44.2 Å². The molecule has 4 rings (SSSR count). The minimum Gasteiger partial charge on any atom is -0.351 e. The van der Waals surface area contributed by atoms with Gasteiger partial charge in [0, 0.05) is 22.7 Å². The first-order valence-electron chi connectivity index (χ1n) is 10.5. The number of hydrogen-bond acceptors (Lipinski definition) is 5. The summed E-state index contributed by atoms with van der Waals surface area (Å²) in [5.41, 5.74) is 3.48. The van der Waals surface area contributed by atoms with Gasteiger partial charge in [0.2, 0.25) is 5.82 Å². The number of rotatable bonds is 7. The summed E-state index contributed by atoms with van der Waals surface area (Å²) in [7, 11) is 0. The van der Waals surface area contributed by atoms with Gasteiger partial charge in [-0.05, 0) is 61.6 Å². The van der Waals surface area contributed by atoms with Crippen molar-refractivity contribution in [2.45, 2.75) is 37.6 Å². The van der Waals surface area contributed by atoms with E-state index in [0.29, 0.717) is 22.4 Å². The lowest BCUT2D eigenvalue weighted by molar-refractivity contribution is 0.395. The van der Waals surface area contributed by atoms with Crippen molar-refractivity contribution in [2.24, 2.45) is 0 Å². The second-order valence-electron chi connectivity index (χ2n) is 7.59. The van der Waals surface area contributed by atoms with Gasteiger partial charge in [0.05, 0.1) is 11.6 Å². The molecule has 0 saturated heterocycles. The van der Waals surface area contributed by atoms with Crippen LogP contribution in [0.3, 0.4) is 0 Å². The molecule has 0 spiro atoms. The van der Waals surface area contributed by atoms with E-state index in [1.807, 2.05) is 6.92 Å². The molecule has 8 heteroatoms. The average Bonchev–Trinajstić information content (AvgIpc) is 3.28. The van der Waals surface area contributed by atoms with Crippen LogP contribution in [-0.2, 0) is 0 Å². The number of benzene rings is 2. The van der Waals surface area contributed by atoms with Crippen LogP contribution >= 0.6 is 24.0 Å². The monoisotopic (exact) mass is 468 g/mol. The number of unbranched alkanes of at least 4 members (excludes halogenated alkanes) is 1. The molecular weight excluding hydrogens is 443 g/mol. The molecule has 1 aromatic heterocycles. The second-order valence-corrected chi connectivity index (χ2v) is 8.86. The number of thiocarbonyl (C=S) groups is 1. The number of nitrogens with one attached hydrogen (secondary N) is 1. The fourth-order valence-electron chi connectivity index (χ4n) is 3.77. The lowest BCUT2D eigenvalue weighted by Gasteiger charge is -2.37. The van der Waals surface area contributed by atoms with Crippen molar-refractivity contribution in [2.75, 3.05) is 12.8 Å². The van der Waals surface area contributed by atoms with Crippen molar-refractivity contribution in [3.8, 4) is 11.4 Å². The van der Waals surface area contributed by atoms with Crippen LogP contribution in [0.5, 0.6) is 0 Å². The molecule has 2 heterocycles. The molecule has 1 N–H and O–H groups in total. The molecule has 0 bridgehead atoms. The zero-order valence-corrected chi connectivity index (χ0v) is 19.9. The summed E-state index contributed by atoms with van der Waals surface area (Å²) in [6, 6.07) is 14.3. The smallest absolute Gasteiger partial charge is 0.258 e. The Morgan fingerprint density at radius 2 is 2.00 bits per heavy atom. The van der Waals surface area contributed by atoms with Crippen molar-refractivity contribution in [3.63, 3.8) is 0 Å². The Morgan fingerprint density at radius 3 is 2.69 bits per heavy atom. The lowest BCUT2D eigenvalue weighted by atomic mass is 9.94. The highest BCUT2D eigenvalue weighted by molar-refractivity contribution is 7.98. The molecule has 3 aromatic rings. The standard InChI is InChI=1S/C24H25FN4OS2/c1-4-5-13-29-15(2)20(21(26-24(29)31)16-9-11-19(32-3)12-10-16)23-27-22(28-30-23)17-7-6-8-18(25)14-17/h6-12,14,21H,4-5,13H2,1-3H3,(H,26,31). The van der Waals surface area contributed by atoms with Gasteiger partial charge in [-0.25, -0.2) is 4.39 Å². The number of thioether (sulfide) groups is 1. The highest BCUT2D eigenvalue weighted by atomic mass is 32.2. The summed E-state index contributed by atoms with van der Waals surface area (Å²) in [6.45, 7) is 4.99. The summed E-state index contributed by atoms with van der Waals surface area (Å²) in [5, 5.41) is 8.28. The molecule has 0 amide bonds. The molecule has 1 atom stereocenters. The van der Waals surface area contributed by atoms with Crippen LogP contribution in [0.25, 0.3) is 17.0 Å². The molecule has 1 unspecified atom stereocenters. The molecule has 166 valence electrons. The van der Waals surface area contributed by atoms with Crippen LogP contribution in [0, 0.1) is 5.82 Å². The Morgan fingerprint density at radius 1 is 1.22 bits per heavy atom. The topological polar surface area (TPSA) is 54.2 Å². The summed E-state index contributed by atoms with van der Waals surface area (Å²) in [6.07, 6.45) is 4.12. The maximum absolute atomic E-state index is 13.7. The minimum atomic E-state index is -0.341. The third-order valence-corrected chi connectivity index (χ3v) is 6.60. The Bertz CT molecular complexity index is 1140. The number of aromatic nitrogens is 2. The highest BCUT2D eigenvalue weighted by Gasteiger charge is 2.33. The van der Waals surface area contributed by atoms with Crippen molar-refractivity contribution in [1.82, 2.24) is 20.4 Å². The minimum absolute atomic E-state index is 0.225. The number of hydrogen-bond donors (Lipinski definition) is 1. The van der Waals surface area contributed by atoms with Crippen molar-refractivity contribution >= 4 is 34.7 Å². The van der Waals surface area contributed by atoms with Crippen LogP contribution in [-0.4, -0.2) is 33.0 Å². The van der Waals surface area contributed by atoms with Crippen LogP contribution < -0.4 is 5.32 Å². The van der Waals surface area contributed by atoms with Crippen LogP contribution in [0.2, 0.25) is 0 Å². The van der Waals surface area contributed by atoms with Gasteiger partial charge in [-0.3, -0.25) is 0 Å². The highest BCUT2D eigenvalue weighted by Crippen LogP contribution is 2.38. The molecule has 1 aliphatic heterocycles. The van der Waals surface area contributed by atoms with E-state index in [-0.39, 0.29) is 11.9 Å². The van der Waals surface area contributed by atoms with E-state index < -0.39 is 0 Å². The quantitative estimate of drug-likeness (QED) is 0.334. The molecule has 2 aromatic carbocycles. The van der Waals surface area contributed by atoms with E-state index in [2.05, 4.69) is 57.8 Å². The van der Waals surface area contributed by atoms with Gasteiger partial charge in [-0.1, -0.05) is 42.8 Å². The zero-order valence-electron chi connectivity index (χ0n) is 18.3. The Hall–Kier alpha value is -2.71. The van der Waals surface area contributed by atoms with E-state index in [0.717, 1.165) is 36.2 Å². The van der Waals surface area contributed by atoms with Gasteiger partial charge in [0.25, 0.3) is 5.89 Å². The normalized spacial score (nSPS) is 16.4. The first kappa shape index (κ1) is 22.5. The number of halogens is 1. The van der Waals surface area contributed by atoms with Gasteiger partial charge in [-0.2, -0.15) is 4.98 Å². The Kier molecular flexibility index (Phi) is 6.91. The van der Waals surface area contributed by atoms with Crippen LogP contribution in [0.4, 0.5) is 4.39 Å². The first-order valence-corrected chi connectivity index (χ1v) is 12.2. The largest absolute Gasteiger partial charge is 0.351 e. The van der Waals surface area contributed by atoms with Gasteiger partial charge < -0.3 is 14.7 Å². The third-order valence-electron chi connectivity index (χ3n) is 5.52. The number of nitrogens with zero attached hydrogens (tertiary/aromatic N) is 3. The Labute approximate surface area is 197 Å². The van der Waals surface area contributed by atoms with E-state index in [1.165, 1.54) is 17.0 Å². The van der Waals surface area contributed by atoms with E-state index >= 15 is 0 Å². The molecule has 32 heavy (non-hydrogen) atoms. The average molecular weight is 469 g/mol. The zero-order chi connectivity index (χ0) is 22.7. The summed E-state index contributed by atoms with van der Waals surface area (Å²) in [5.74, 6) is 0.410. The van der Waals surface area contributed by atoms with E-state index in [4.69, 9.17) is 16.7 Å². The van der Waals surface area contributed by atoms with Gasteiger partial charge in [-0.15, -0.1) is 11.8 Å². The molecule has 1 aliphatic rings. The van der Waals surface area contributed by atoms with Gasteiger partial charge >= 0.3 is 0 Å². The van der Waals surface area contributed by atoms with Gasteiger partial charge in [0.15, 0.2) is 5.11 Å². The third kappa shape index (κ3) is 4.56. The summed E-state index contributed by atoms with van der Waals surface area (Å²) < 4.78 is 19.4. The lowest BCUT2D eigenvalue weighted by Crippen LogP contribution is -2.46. The molecule has 0 saturated carbocycles. The van der Waals surface area contributed by atoms with Crippen LogP contribution in [0.15, 0.2) is 63.6 Å². The molecule has 0 aliphatic carbocycles. The fourth-order valence-corrected chi connectivity index (χ4v) is 4.52. The van der Waals surface area contributed by atoms with Crippen molar-refractivity contribution in [3.05, 3.63) is 71.5 Å². The first-order chi connectivity index (χ1) is 15.5. The van der Waals surface area contributed by atoms with Crippen molar-refractivity contribution < 1.29 is 8.91 Å². The maximum atomic E-state index is 13.7. The SMILES string of the molecule is CCCCN1C(=S)NC(c2ccc(SC)cc2)C(c2nc(-c3cccc(F)c3)no2)=C1C. The van der Waals surface area contributed by atoms with E-state index in [9.17, 15) is 4.39 Å². The molecular formula is C24H25FN4OS2. The van der Waals surface area contributed by atoms with Gasteiger partial charge in [0.1, 0.15) is 5.82 Å². The van der Waals surface area contributed by atoms with Crippen molar-refractivity contribution in [1.29, 1.82) is 0 Å². The molecule has 0 radical (unpaired) electrons. The summed E-state index contributed by atoms with van der Waals surface area (Å²) >= 11 is 7.41. The fraction of sp³-hybridized carbons (Fsp3) is 0.292.